The highest BCUT2D eigenvalue weighted by Crippen LogP contribution is 2.44. The third kappa shape index (κ3) is 5.37. The molecule has 1 aromatic carbocycles. The molecule has 1 N–H and O–H groups in total. The summed E-state index contributed by atoms with van der Waals surface area (Å²) in [5.41, 5.74) is 2.38. The molecule has 144 valence electrons. The molecule has 4 rings (SSSR count). The van der Waals surface area contributed by atoms with Crippen LogP contribution in [-0.2, 0) is 22.6 Å². The number of aromatic nitrogens is 1. The normalized spacial score (nSPS) is 19.0. The molecule has 5 nitrogen and oxygen atoms in total. The number of morpholine rings is 1. The molecular formula is C21H27N3O2S. The summed E-state index contributed by atoms with van der Waals surface area (Å²) in [6, 6.07) is 10.5. The zero-order chi connectivity index (χ0) is 18.5. The van der Waals surface area contributed by atoms with Crippen molar-refractivity contribution in [2.75, 3.05) is 26.3 Å². The Morgan fingerprint density at radius 2 is 2.04 bits per heavy atom. The first-order valence-corrected chi connectivity index (χ1v) is 10.7. The predicted molar refractivity (Wildman–Crippen MR) is 107 cm³/mol. The molecule has 1 aliphatic carbocycles. The number of thiazole rings is 1. The molecule has 1 aliphatic heterocycles. The summed E-state index contributed by atoms with van der Waals surface area (Å²) >= 11 is 1.63. The molecule has 0 spiro atoms. The molecule has 1 atom stereocenters. The highest BCUT2D eigenvalue weighted by atomic mass is 32.1. The Balaban J connectivity index is 1.26. The summed E-state index contributed by atoms with van der Waals surface area (Å²) in [5, 5.41) is 6.16. The van der Waals surface area contributed by atoms with E-state index in [0.29, 0.717) is 24.8 Å². The summed E-state index contributed by atoms with van der Waals surface area (Å²) in [7, 11) is 0. The van der Waals surface area contributed by atoms with Gasteiger partial charge in [0.2, 0.25) is 5.91 Å². The van der Waals surface area contributed by atoms with Crippen LogP contribution < -0.4 is 5.32 Å². The molecule has 1 saturated heterocycles. The molecule has 2 aliphatic rings. The molecule has 1 aromatic heterocycles. The van der Waals surface area contributed by atoms with E-state index in [1.54, 1.807) is 11.3 Å². The molecule has 1 amide bonds. The van der Waals surface area contributed by atoms with Crippen molar-refractivity contribution in [2.24, 2.45) is 5.92 Å². The van der Waals surface area contributed by atoms with E-state index < -0.39 is 0 Å². The molecule has 2 fully saturated rings. The van der Waals surface area contributed by atoms with Crippen molar-refractivity contribution in [3.63, 3.8) is 0 Å². The van der Waals surface area contributed by atoms with Gasteiger partial charge in [-0.3, -0.25) is 9.69 Å². The molecule has 27 heavy (non-hydrogen) atoms. The quantitative estimate of drug-likeness (QED) is 0.758. The minimum Gasteiger partial charge on any atom is -0.379 e. The molecule has 1 unspecified atom stereocenters. The van der Waals surface area contributed by atoms with Crippen LogP contribution in [0, 0.1) is 5.92 Å². The van der Waals surface area contributed by atoms with E-state index in [2.05, 4.69) is 44.8 Å². The Labute approximate surface area is 164 Å². The lowest BCUT2D eigenvalue weighted by Crippen LogP contribution is -2.35. The summed E-state index contributed by atoms with van der Waals surface area (Å²) in [6.45, 7) is 4.93. The fourth-order valence-corrected chi connectivity index (χ4v) is 4.42. The second-order valence-electron chi connectivity index (χ2n) is 7.46. The Morgan fingerprint density at radius 1 is 1.26 bits per heavy atom. The number of nitrogens with zero attached hydrogens (tertiary/aromatic N) is 2. The van der Waals surface area contributed by atoms with Crippen LogP contribution in [0.2, 0.25) is 0 Å². The molecule has 0 radical (unpaired) electrons. The van der Waals surface area contributed by atoms with E-state index in [1.807, 2.05) is 6.07 Å². The highest BCUT2D eigenvalue weighted by molar-refractivity contribution is 7.09. The highest BCUT2D eigenvalue weighted by Gasteiger charge is 2.33. The Kier molecular flexibility index (Phi) is 6.17. The van der Waals surface area contributed by atoms with Crippen molar-refractivity contribution in [2.45, 2.75) is 38.3 Å². The molecule has 0 bridgehead atoms. The van der Waals surface area contributed by atoms with Crippen molar-refractivity contribution in [1.29, 1.82) is 0 Å². The van der Waals surface area contributed by atoms with Crippen LogP contribution in [0.4, 0.5) is 0 Å². The fourth-order valence-electron chi connectivity index (χ4n) is 3.69. The zero-order valence-electron chi connectivity index (χ0n) is 15.6. The summed E-state index contributed by atoms with van der Waals surface area (Å²) in [5.74, 6) is 1.14. The van der Waals surface area contributed by atoms with Gasteiger partial charge < -0.3 is 10.1 Å². The lowest BCUT2D eigenvalue weighted by molar-refractivity contribution is -0.121. The second kappa shape index (κ2) is 8.95. The molecule has 2 aromatic rings. The van der Waals surface area contributed by atoms with Gasteiger partial charge in [-0.1, -0.05) is 30.3 Å². The lowest BCUT2D eigenvalue weighted by Gasteiger charge is -2.25. The van der Waals surface area contributed by atoms with E-state index in [0.717, 1.165) is 43.5 Å². The standard InChI is InChI=1S/C21H27N3O2S/c25-20(12-19(17-6-7-17)16-4-2-1-3-5-16)22-13-21-23-18(15-27-21)14-24-8-10-26-11-9-24/h1-5,15,17,19H,6-14H2,(H,22,25). The Bertz CT molecular complexity index is 739. The maximum Gasteiger partial charge on any atom is 0.220 e. The van der Waals surface area contributed by atoms with Crippen LogP contribution in [0.15, 0.2) is 35.7 Å². The van der Waals surface area contributed by atoms with Gasteiger partial charge in [0.05, 0.1) is 25.5 Å². The van der Waals surface area contributed by atoms with E-state index in [-0.39, 0.29) is 5.91 Å². The van der Waals surface area contributed by atoms with Gasteiger partial charge in [0.1, 0.15) is 5.01 Å². The number of nitrogens with one attached hydrogen (secondary N) is 1. The van der Waals surface area contributed by atoms with Gasteiger partial charge in [0.15, 0.2) is 0 Å². The molecule has 1 saturated carbocycles. The summed E-state index contributed by atoms with van der Waals surface area (Å²) in [4.78, 5) is 19.5. The van der Waals surface area contributed by atoms with Crippen LogP contribution >= 0.6 is 11.3 Å². The van der Waals surface area contributed by atoms with Crippen molar-refractivity contribution in [3.8, 4) is 0 Å². The van der Waals surface area contributed by atoms with Crippen molar-refractivity contribution in [3.05, 3.63) is 52.0 Å². The fraction of sp³-hybridized carbons (Fsp3) is 0.524. The first-order valence-electron chi connectivity index (χ1n) is 9.83. The van der Waals surface area contributed by atoms with Gasteiger partial charge in [0.25, 0.3) is 0 Å². The van der Waals surface area contributed by atoms with Gasteiger partial charge in [-0.15, -0.1) is 11.3 Å². The van der Waals surface area contributed by atoms with E-state index >= 15 is 0 Å². The van der Waals surface area contributed by atoms with Gasteiger partial charge in [0, 0.05) is 31.4 Å². The maximum absolute atomic E-state index is 12.5. The van der Waals surface area contributed by atoms with Crippen LogP contribution in [0.3, 0.4) is 0 Å². The Hall–Kier alpha value is -1.76. The largest absolute Gasteiger partial charge is 0.379 e. The number of benzene rings is 1. The van der Waals surface area contributed by atoms with Crippen LogP contribution in [0.1, 0.15) is 41.4 Å². The van der Waals surface area contributed by atoms with Crippen molar-refractivity contribution < 1.29 is 9.53 Å². The number of ether oxygens (including phenoxy) is 1. The first-order chi connectivity index (χ1) is 13.3. The Morgan fingerprint density at radius 3 is 2.78 bits per heavy atom. The summed E-state index contributed by atoms with van der Waals surface area (Å²) < 4.78 is 5.39. The van der Waals surface area contributed by atoms with Gasteiger partial charge in [-0.25, -0.2) is 4.98 Å². The average molecular weight is 386 g/mol. The lowest BCUT2D eigenvalue weighted by atomic mass is 9.91. The number of hydrogen-bond donors (Lipinski definition) is 1. The van der Waals surface area contributed by atoms with Crippen LogP contribution in [0.25, 0.3) is 0 Å². The predicted octanol–water partition coefficient (Wildman–Crippen LogP) is 3.18. The van der Waals surface area contributed by atoms with E-state index in [9.17, 15) is 4.79 Å². The smallest absolute Gasteiger partial charge is 0.220 e. The zero-order valence-corrected chi connectivity index (χ0v) is 16.4. The number of hydrogen-bond acceptors (Lipinski definition) is 5. The average Bonchev–Trinajstić information content (AvgIpc) is 3.45. The number of amides is 1. The molecule has 2 heterocycles. The minimum absolute atomic E-state index is 0.126. The van der Waals surface area contributed by atoms with Crippen LogP contribution in [0.5, 0.6) is 0 Å². The maximum atomic E-state index is 12.5. The topological polar surface area (TPSA) is 54.5 Å². The van der Waals surface area contributed by atoms with Gasteiger partial charge in [-0.05, 0) is 30.2 Å². The molecular weight excluding hydrogens is 358 g/mol. The number of carbonyl (C=O) groups is 1. The van der Waals surface area contributed by atoms with Crippen molar-refractivity contribution in [1.82, 2.24) is 15.2 Å². The second-order valence-corrected chi connectivity index (χ2v) is 8.40. The van der Waals surface area contributed by atoms with Crippen molar-refractivity contribution >= 4 is 17.2 Å². The van der Waals surface area contributed by atoms with Gasteiger partial charge in [-0.2, -0.15) is 0 Å². The van der Waals surface area contributed by atoms with Crippen LogP contribution in [-0.4, -0.2) is 42.1 Å². The summed E-state index contributed by atoms with van der Waals surface area (Å²) in [6.07, 6.45) is 3.05. The SMILES string of the molecule is O=C(CC(c1ccccc1)C1CC1)NCc1nc(CN2CCOCC2)cs1. The monoisotopic (exact) mass is 385 g/mol. The third-order valence-corrected chi connectivity index (χ3v) is 6.25. The molecule has 6 heteroatoms. The first kappa shape index (κ1) is 18.6. The van der Waals surface area contributed by atoms with Gasteiger partial charge >= 0.3 is 0 Å². The van der Waals surface area contributed by atoms with E-state index in [4.69, 9.17) is 4.74 Å². The third-order valence-electron chi connectivity index (χ3n) is 5.35. The number of rotatable bonds is 8. The van der Waals surface area contributed by atoms with E-state index in [1.165, 1.54) is 18.4 Å². The number of carbonyl (C=O) groups excluding carboxylic acids is 1. The minimum atomic E-state index is 0.126.